The highest BCUT2D eigenvalue weighted by Crippen LogP contribution is 2.40. The van der Waals surface area contributed by atoms with E-state index in [1.54, 1.807) is 35.7 Å². The van der Waals surface area contributed by atoms with Crippen molar-refractivity contribution < 1.29 is 17.9 Å². The summed E-state index contributed by atoms with van der Waals surface area (Å²) in [5.74, 6) is 2.20. The minimum atomic E-state index is -3.71. The summed E-state index contributed by atoms with van der Waals surface area (Å²) < 4.78 is 40.5. The molecule has 0 amide bonds. The highest BCUT2D eigenvalue weighted by molar-refractivity contribution is 8.00. The highest BCUT2D eigenvalue weighted by atomic mass is 32.2. The zero-order chi connectivity index (χ0) is 25.0. The van der Waals surface area contributed by atoms with Crippen LogP contribution in [0.15, 0.2) is 99.6 Å². The van der Waals surface area contributed by atoms with Crippen molar-refractivity contribution in [2.24, 2.45) is 0 Å². The molecule has 1 aliphatic heterocycles. The van der Waals surface area contributed by atoms with Gasteiger partial charge in [0.25, 0.3) is 10.0 Å². The van der Waals surface area contributed by atoms with Crippen molar-refractivity contribution in [3.8, 4) is 11.5 Å². The van der Waals surface area contributed by atoms with Crippen LogP contribution in [0.2, 0.25) is 0 Å². The average Bonchev–Trinajstić information content (AvgIpc) is 2.92. The van der Waals surface area contributed by atoms with E-state index in [1.807, 2.05) is 79.1 Å². The highest BCUT2D eigenvalue weighted by Gasteiger charge is 2.30. The molecule has 5 rings (SSSR count). The summed E-state index contributed by atoms with van der Waals surface area (Å²) in [5, 5.41) is 1.92. The Hall–Kier alpha value is -2.81. The maximum Gasteiger partial charge on any atom is 0.264 e. The minimum absolute atomic E-state index is 0.299. The van der Waals surface area contributed by atoms with Crippen LogP contribution in [0.4, 0.5) is 5.69 Å². The number of benzene rings is 4. The maximum atomic E-state index is 13.6. The third-order valence-electron chi connectivity index (χ3n) is 5.95. The van der Waals surface area contributed by atoms with Crippen molar-refractivity contribution in [3.63, 3.8) is 0 Å². The lowest BCUT2D eigenvalue weighted by Crippen LogP contribution is -2.35. The average molecular weight is 538 g/mol. The first-order valence-electron chi connectivity index (χ1n) is 11.7. The molecule has 0 radical (unpaired) electrons. The van der Waals surface area contributed by atoms with Crippen LogP contribution in [0.5, 0.6) is 11.5 Å². The smallest absolute Gasteiger partial charge is 0.264 e. The van der Waals surface area contributed by atoms with Gasteiger partial charge < -0.3 is 9.47 Å². The van der Waals surface area contributed by atoms with Crippen LogP contribution in [0.25, 0.3) is 10.8 Å². The monoisotopic (exact) mass is 537 g/mol. The molecule has 0 unspecified atom stereocenters. The summed E-state index contributed by atoms with van der Waals surface area (Å²) in [4.78, 5) is 2.44. The molecule has 36 heavy (non-hydrogen) atoms. The van der Waals surface area contributed by atoms with E-state index in [0.29, 0.717) is 41.8 Å². The van der Waals surface area contributed by atoms with Crippen LogP contribution in [0.3, 0.4) is 0 Å². The molecular weight excluding hydrogens is 511 g/mol. The summed E-state index contributed by atoms with van der Waals surface area (Å²) in [6, 6.07) is 26.8. The first kappa shape index (κ1) is 24.9. The molecule has 0 N–H and O–H groups in total. The number of rotatable bonds is 9. The SMILES string of the molecule is CSc1ccc(OCCCOc2ccc3c(c2)N(S(=O)(=O)c2ccc4ccccc4c2)CCS3)cc1. The molecule has 5 nitrogen and oxygen atoms in total. The second-order valence-corrected chi connectivity index (χ2v) is 12.2. The normalized spacial score (nSPS) is 13.4. The van der Waals surface area contributed by atoms with E-state index in [-0.39, 0.29) is 0 Å². The number of hydrogen-bond donors (Lipinski definition) is 0. The molecule has 0 saturated carbocycles. The number of sulfonamides is 1. The quantitative estimate of drug-likeness (QED) is 0.175. The van der Waals surface area contributed by atoms with Gasteiger partial charge >= 0.3 is 0 Å². The van der Waals surface area contributed by atoms with Gasteiger partial charge in [-0.25, -0.2) is 8.42 Å². The molecular formula is C28H27NO4S3. The maximum absolute atomic E-state index is 13.6. The van der Waals surface area contributed by atoms with Gasteiger partial charge in [-0.1, -0.05) is 30.3 Å². The Bertz CT molecular complexity index is 1460. The van der Waals surface area contributed by atoms with E-state index in [2.05, 4.69) is 0 Å². The molecule has 0 atom stereocenters. The van der Waals surface area contributed by atoms with Crippen LogP contribution in [-0.2, 0) is 10.0 Å². The Morgan fingerprint density at radius 2 is 1.58 bits per heavy atom. The summed E-state index contributed by atoms with van der Waals surface area (Å²) in [5.41, 5.74) is 0.669. The Labute approximate surface area is 220 Å². The Kier molecular flexibility index (Phi) is 7.65. The van der Waals surface area contributed by atoms with Crippen molar-refractivity contribution in [1.29, 1.82) is 0 Å². The molecule has 0 spiro atoms. The van der Waals surface area contributed by atoms with Crippen LogP contribution in [0, 0.1) is 0 Å². The fourth-order valence-electron chi connectivity index (χ4n) is 4.08. The predicted molar refractivity (Wildman–Crippen MR) is 149 cm³/mol. The summed E-state index contributed by atoms with van der Waals surface area (Å²) >= 11 is 3.36. The molecule has 0 saturated heterocycles. The number of ether oxygens (including phenoxy) is 2. The number of thioether (sulfide) groups is 2. The second kappa shape index (κ2) is 11.1. The van der Waals surface area contributed by atoms with Crippen molar-refractivity contribution in [1.82, 2.24) is 0 Å². The fourth-order valence-corrected chi connectivity index (χ4v) is 7.15. The molecule has 1 heterocycles. The second-order valence-electron chi connectivity index (χ2n) is 8.29. The number of hydrogen-bond acceptors (Lipinski definition) is 6. The van der Waals surface area contributed by atoms with Crippen molar-refractivity contribution in [2.45, 2.75) is 21.1 Å². The van der Waals surface area contributed by atoms with Gasteiger partial charge in [-0.2, -0.15) is 0 Å². The Balaban J connectivity index is 1.26. The first-order chi connectivity index (χ1) is 17.5. The molecule has 8 heteroatoms. The molecule has 0 aromatic heterocycles. The summed E-state index contributed by atoms with van der Waals surface area (Å²) in [6.45, 7) is 1.44. The van der Waals surface area contributed by atoms with Crippen molar-refractivity contribution in [2.75, 3.05) is 36.1 Å². The van der Waals surface area contributed by atoms with Crippen molar-refractivity contribution in [3.05, 3.63) is 84.9 Å². The summed E-state index contributed by atoms with van der Waals surface area (Å²) in [7, 11) is -3.71. The van der Waals surface area contributed by atoms with Gasteiger partial charge in [0.05, 0.1) is 23.8 Å². The van der Waals surface area contributed by atoms with E-state index in [9.17, 15) is 8.42 Å². The predicted octanol–water partition coefficient (Wildman–Crippen LogP) is 6.71. The van der Waals surface area contributed by atoms with Crippen LogP contribution < -0.4 is 13.8 Å². The van der Waals surface area contributed by atoms with E-state index in [4.69, 9.17) is 9.47 Å². The zero-order valence-corrected chi connectivity index (χ0v) is 22.4. The topological polar surface area (TPSA) is 55.8 Å². The fraction of sp³-hybridized carbons (Fsp3) is 0.214. The molecule has 1 aliphatic rings. The summed E-state index contributed by atoms with van der Waals surface area (Å²) in [6.07, 6.45) is 2.76. The molecule has 4 aromatic carbocycles. The van der Waals surface area contributed by atoms with E-state index < -0.39 is 10.0 Å². The standard InChI is InChI=1S/C28H27NO4S3/c1-34-25-11-8-23(9-12-25)32-16-4-17-33-24-10-14-28-27(20-24)29(15-18-35-28)36(30,31)26-13-7-21-5-2-3-6-22(21)19-26/h2-3,5-14,19-20H,4,15-18H2,1H3. The molecule has 4 aromatic rings. The van der Waals surface area contributed by atoms with E-state index in [0.717, 1.165) is 27.8 Å². The van der Waals surface area contributed by atoms with Gasteiger partial charge in [-0.3, -0.25) is 4.31 Å². The van der Waals surface area contributed by atoms with Gasteiger partial charge in [-0.05, 0) is 65.6 Å². The van der Waals surface area contributed by atoms with Crippen LogP contribution in [0.1, 0.15) is 6.42 Å². The lowest BCUT2D eigenvalue weighted by molar-refractivity contribution is 0.247. The molecule has 186 valence electrons. The van der Waals surface area contributed by atoms with Gasteiger partial charge in [0.1, 0.15) is 11.5 Å². The number of fused-ring (bicyclic) bond motifs is 2. The third kappa shape index (κ3) is 5.45. The largest absolute Gasteiger partial charge is 0.493 e. The Morgan fingerprint density at radius 3 is 2.36 bits per heavy atom. The molecule has 0 aliphatic carbocycles. The first-order valence-corrected chi connectivity index (χ1v) is 15.4. The lowest BCUT2D eigenvalue weighted by atomic mass is 10.1. The van der Waals surface area contributed by atoms with Gasteiger partial charge in [-0.15, -0.1) is 23.5 Å². The Morgan fingerprint density at radius 1 is 0.861 bits per heavy atom. The lowest BCUT2D eigenvalue weighted by Gasteiger charge is -2.30. The third-order valence-corrected chi connectivity index (χ3v) is 9.54. The van der Waals surface area contributed by atoms with Crippen molar-refractivity contribution >= 4 is 50.0 Å². The van der Waals surface area contributed by atoms with Crippen LogP contribution >= 0.6 is 23.5 Å². The zero-order valence-electron chi connectivity index (χ0n) is 19.9. The van der Waals surface area contributed by atoms with E-state index >= 15 is 0 Å². The number of nitrogens with zero attached hydrogens (tertiary/aromatic N) is 1. The molecule has 0 fully saturated rings. The minimum Gasteiger partial charge on any atom is -0.493 e. The van der Waals surface area contributed by atoms with E-state index in [1.165, 1.54) is 9.20 Å². The van der Waals surface area contributed by atoms with Gasteiger partial charge in [0, 0.05) is 34.6 Å². The molecule has 0 bridgehead atoms. The van der Waals surface area contributed by atoms with Gasteiger partial charge in [0.2, 0.25) is 0 Å². The number of anilines is 1. The van der Waals surface area contributed by atoms with Crippen LogP contribution in [-0.4, -0.2) is 40.2 Å². The van der Waals surface area contributed by atoms with Gasteiger partial charge in [0.15, 0.2) is 0 Å².